The van der Waals surface area contributed by atoms with Crippen LogP contribution >= 0.6 is 0 Å². The summed E-state index contributed by atoms with van der Waals surface area (Å²) in [5, 5.41) is 0. The Morgan fingerprint density at radius 2 is 0.588 bits per heavy atom. The largest absolute Gasteiger partial charge is 0.462 e. The van der Waals surface area contributed by atoms with Gasteiger partial charge in [0.25, 0.3) is 0 Å². The zero-order valence-electron chi connectivity index (χ0n) is 44.3. The van der Waals surface area contributed by atoms with Crippen molar-refractivity contribution < 1.29 is 28.6 Å². The second kappa shape index (κ2) is 55.9. The Labute approximate surface area is 419 Å². The van der Waals surface area contributed by atoms with E-state index in [1.807, 2.05) is 0 Å². The summed E-state index contributed by atoms with van der Waals surface area (Å²) >= 11 is 0. The first-order valence-electron chi connectivity index (χ1n) is 28.2. The molecule has 388 valence electrons. The second-order valence-corrected chi connectivity index (χ2v) is 18.5. The molecule has 0 N–H and O–H groups in total. The Hall–Kier alpha value is -3.67. The highest BCUT2D eigenvalue weighted by Gasteiger charge is 2.19. The van der Waals surface area contributed by atoms with Crippen molar-refractivity contribution in [3.05, 3.63) is 97.2 Å². The van der Waals surface area contributed by atoms with Crippen molar-refractivity contribution >= 4 is 17.9 Å². The third-order valence-corrected chi connectivity index (χ3v) is 11.8. The van der Waals surface area contributed by atoms with Gasteiger partial charge in [0.1, 0.15) is 13.2 Å². The Bertz CT molecular complexity index is 1360. The Kier molecular flexibility index (Phi) is 52.9. The van der Waals surface area contributed by atoms with Gasteiger partial charge in [-0.15, -0.1) is 0 Å². The maximum Gasteiger partial charge on any atom is 0.306 e. The molecule has 0 radical (unpaired) electrons. The van der Waals surface area contributed by atoms with E-state index < -0.39 is 6.10 Å². The van der Waals surface area contributed by atoms with Gasteiger partial charge in [0.15, 0.2) is 6.10 Å². The Balaban J connectivity index is 4.40. The van der Waals surface area contributed by atoms with Crippen molar-refractivity contribution in [2.75, 3.05) is 13.2 Å². The number of allylic oxidation sites excluding steroid dienone is 16. The normalized spacial score (nSPS) is 12.8. The molecule has 0 heterocycles. The first-order valence-corrected chi connectivity index (χ1v) is 28.2. The average Bonchev–Trinajstić information content (AvgIpc) is 3.34. The number of unbranched alkanes of at least 4 members (excludes halogenated alkanes) is 23. The summed E-state index contributed by atoms with van der Waals surface area (Å²) in [6, 6.07) is 0. The first-order chi connectivity index (χ1) is 33.5. The molecule has 0 aromatic carbocycles. The molecule has 0 rings (SSSR count). The molecular formula is C62H104O6. The minimum absolute atomic E-state index is 0.0921. The number of hydrogen-bond donors (Lipinski definition) is 0. The summed E-state index contributed by atoms with van der Waals surface area (Å²) in [5.41, 5.74) is 0. The molecule has 6 heteroatoms. The summed E-state index contributed by atoms with van der Waals surface area (Å²) in [7, 11) is 0. The van der Waals surface area contributed by atoms with E-state index >= 15 is 0 Å². The number of esters is 3. The maximum absolute atomic E-state index is 12.8. The quantitative estimate of drug-likeness (QED) is 0.0262. The molecular weight excluding hydrogens is 841 g/mol. The molecule has 0 aliphatic heterocycles. The highest BCUT2D eigenvalue weighted by Crippen LogP contribution is 2.14. The summed E-state index contributed by atoms with van der Waals surface area (Å²) in [6.45, 7) is 6.44. The maximum atomic E-state index is 12.8. The van der Waals surface area contributed by atoms with E-state index in [2.05, 4.69) is 118 Å². The zero-order chi connectivity index (χ0) is 49.3. The van der Waals surface area contributed by atoms with Crippen LogP contribution in [0.5, 0.6) is 0 Å². The summed E-state index contributed by atoms with van der Waals surface area (Å²) in [4.78, 5) is 38.1. The highest BCUT2D eigenvalue weighted by atomic mass is 16.6. The van der Waals surface area contributed by atoms with E-state index in [0.29, 0.717) is 19.3 Å². The molecule has 0 bridgehead atoms. The van der Waals surface area contributed by atoms with Crippen LogP contribution in [0.15, 0.2) is 97.2 Å². The fraction of sp³-hybridized carbons (Fsp3) is 0.694. The molecule has 1 atom stereocenters. The standard InChI is InChI=1S/C62H104O6/c1-4-7-10-13-16-19-22-24-26-28-30-31-32-34-35-37-40-43-46-49-52-55-61(64)67-58-59(57-66-60(63)54-51-48-45-42-39-21-18-15-12-9-6-3)68-62(65)56-53-50-47-44-41-38-36-33-29-27-25-23-20-17-14-11-8-5-2/h7,10,15-16,18-20,23-24,26-27,29-31,34-35,59H,4-6,8-9,11-14,17,21-22,25,28,32-33,36-58H2,1-3H3/b10-7-,18-15-,19-16-,23-20-,26-24-,29-27-,31-30-,35-34-. The smallest absolute Gasteiger partial charge is 0.306 e. The van der Waals surface area contributed by atoms with E-state index in [9.17, 15) is 14.4 Å². The van der Waals surface area contributed by atoms with Crippen LogP contribution in [-0.2, 0) is 28.6 Å². The summed E-state index contributed by atoms with van der Waals surface area (Å²) in [6.07, 6.45) is 73.9. The van der Waals surface area contributed by atoms with Crippen molar-refractivity contribution in [1.29, 1.82) is 0 Å². The zero-order valence-corrected chi connectivity index (χ0v) is 44.3. The van der Waals surface area contributed by atoms with Gasteiger partial charge in [-0.25, -0.2) is 0 Å². The number of ether oxygens (including phenoxy) is 3. The molecule has 0 aliphatic carbocycles. The van der Waals surface area contributed by atoms with Gasteiger partial charge >= 0.3 is 17.9 Å². The minimum atomic E-state index is -0.794. The van der Waals surface area contributed by atoms with Crippen LogP contribution < -0.4 is 0 Å². The summed E-state index contributed by atoms with van der Waals surface area (Å²) in [5.74, 6) is -0.927. The fourth-order valence-corrected chi connectivity index (χ4v) is 7.54. The predicted octanol–water partition coefficient (Wildman–Crippen LogP) is 18.9. The summed E-state index contributed by atoms with van der Waals surface area (Å²) < 4.78 is 16.8. The van der Waals surface area contributed by atoms with E-state index in [0.717, 1.165) is 135 Å². The van der Waals surface area contributed by atoms with Crippen LogP contribution in [0.25, 0.3) is 0 Å². The molecule has 6 nitrogen and oxygen atoms in total. The second-order valence-electron chi connectivity index (χ2n) is 18.5. The van der Waals surface area contributed by atoms with E-state index in [1.165, 1.54) is 83.5 Å². The van der Waals surface area contributed by atoms with Crippen LogP contribution in [0.4, 0.5) is 0 Å². The van der Waals surface area contributed by atoms with Gasteiger partial charge in [0, 0.05) is 19.3 Å². The molecule has 0 amide bonds. The van der Waals surface area contributed by atoms with Crippen LogP contribution in [0.2, 0.25) is 0 Å². The van der Waals surface area contributed by atoms with Crippen molar-refractivity contribution in [2.24, 2.45) is 0 Å². The predicted molar refractivity (Wildman–Crippen MR) is 293 cm³/mol. The molecule has 0 saturated heterocycles. The third-order valence-electron chi connectivity index (χ3n) is 11.8. The van der Waals surface area contributed by atoms with Gasteiger partial charge in [-0.1, -0.05) is 221 Å². The molecule has 1 unspecified atom stereocenters. The van der Waals surface area contributed by atoms with Crippen molar-refractivity contribution in [3.8, 4) is 0 Å². The number of carbonyl (C=O) groups excluding carboxylic acids is 3. The van der Waals surface area contributed by atoms with Crippen LogP contribution in [-0.4, -0.2) is 37.2 Å². The lowest BCUT2D eigenvalue weighted by Gasteiger charge is -2.18. The highest BCUT2D eigenvalue weighted by molar-refractivity contribution is 5.71. The van der Waals surface area contributed by atoms with Gasteiger partial charge in [-0.05, 0) is 116 Å². The third kappa shape index (κ3) is 53.3. The van der Waals surface area contributed by atoms with Gasteiger partial charge in [-0.3, -0.25) is 14.4 Å². The minimum Gasteiger partial charge on any atom is -0.462 e. The SMILES string of the molecule is CC/C=C\C/C=C\C/C=C\C/C=C\C/C=C\CCCCCCCC(=O)OCC(COC(=O)CCCCCCC/C=C\CCCC)OC(=O)CCCCCCCCC/C=C\C/C=C\CCCCCC. The lowest BCUT2D eigenvalue weighted by Crippen LogP contribution is -2.30. The van der Waals surface area contributed by atoms with Gasteiger partial charge in [0.2, 0.25) is 0 Å². The van der Waals surface area contributed by atoms with Gasteiger partial charge in [-0.2, -0.15) is 0 Å². The number of hydrogen-bond acceptors (Lipinski definition) is 6. The lowest BCUT2D eigenvalue weighted by atomic mass is 10.1. The van der Waals surface area contributed by atoms with E-state index in [1.54, 1.807) is 0 Å². The van der Waals surface area contributed by atoms with Crippen molar-refractivity contribution in [1.82, 2.24) is 0 Å². The Morgan fingerprint density at radius 3 is 0.956 bits per heavy atom. The monoisotopic (exact) mass is 945 g/mol. The van der Waals surface area contributed by atoms with Crippen LogP contribution in [0.3, 0.4) is 0 Å². The van der Waals surface area contributed by atoms with Crippen molar-refractivity contribution in [3.63, 3.8) is 0 Å². The Morgan fingerprint density at radius 1 is 0.309 bits per heavy atom. The molecule has 0 aromatic rings. The fourth-order valence-electron chi connectivity index (χ4n) is 7.54. The molecule has 0 saturated carbocycles. The van der Waals surface area contributed by atoms with Crippen LogP contribution in [0, 0.1) is 0 Å². The topological polar surface area (TPSA) is 78.9 Å². The molecule has 0 aromatic heterocycles. The van der Waals surface area contributed by atoms with Crippen molar-refractivity contribution in [2.45, 2.75) is 264 Å². The molecule has 0 fully saturated rings. The molecule has 0 aliphatic rings. The van der Waals surface area contributed by atoms with Crippen LogP contribution in [0.1, 0.15) is 258 Å². The molecule has 0 spiro atoms. The first kappa shape index (κ1) is 64.3. The number of rotatable bonds is 50. The molecule has 68 heavy (non-hydrogen) atoms. The van der Waals surface area contributed by atoms with Gasteiger partial charge < -0.3 is 14.2 Å². The van der Waals surface area contributed by atoms with Gasteiger partial charge in [0.05, 0.1) is 0 Å². The number of carbonyl (C=O) groups is 3. The van der Waals surface area contributed by atoms with E-state index in [-0.39, 0.29) is 31.1 Å². The van der Waals surface area contributed by atoms with E-state index in [4.69, 9.17) is 14.2 Å². The lowest BCUT2D eigenvalue weighted by molar-refractivity contribution is -0.167. The average molecular weight is 946 g/mol.